The van der Waals surface area contributed by atoms with Crippen LogP contribution in [-0.4, -0.2) is 17.0 Å². The number of aromatic carboxylic acids is 1. The number of nitrogens with one attached hydrogen (secondary N) is 1. The highest BCUT2D eigenvalue weighted by atomic mass is 35.5. The van der Waals surface area contributed by atoms with E-state index in [2.05, 4.69) is 5.48 Å². The quantitative estimate of drug-likeness (QED) is 0.791. The van der Waals surface area contributed by atoms with Crippen LogP contribution < -0.4 is 5.48 Å². The number of halogens is 1. The van der Waals surface area contributed by atoms with Gasteiger partial charge in [0.25, 0.3) is 0 Å². The van der Waals surface area contributed by atoms with E-state index in [0.717, 1.165) is 0 Å². The van der Waals surface area contributed by atoms with Crippen molar-refractivity contribution in [1.29, 1.82) is 0 Å². The minimum Gasteiger partial charge on any atom is -0.478 e. The summed E-state index contributed by atoms with van der Waals surface area (Å²) < 4.78 is 0. The molecule has 1 amide bonds. The summed E-state index contributed by atoms with van der Waals surface area (Å²) >= 11 is 5.87. The lowest BCUT2D eigenvalue weighted by Crippen LogP contribution is -2.22. The molecular weight excluding hydrogens is 246 g/mol. The number of carbonyl (C=O) groups is 2. The van der Waals surface area contributed by atoms with Gasteiger partial charge in [0.1, 0.15) is 6.61 Å². The molecule has 0 aliphatic rings. The number of benzene rings is 1. The van der Waals surface area contributed by atoms with Gasteiger partial charge < -0.3 is 5.11 Å². The van der Waals surface area contributed by atoms with E-state index in [-0.39, 0.29) is 29.5 Å². The minimum atomic E-state index is -1.09. The van der Waals surface area contributed by atoms with Crippen molar-refractivity contribution >= 4 is 23.5 Å². The molecule has 17 heavy (non-hydrogen) atoms. The van der Waals surface area contributed by atoms with Crippen LogP contribution in [0.15, 0.2) is 18.2 Å². The molecule has 0 aliphatic carbocycles. The van der Waals surface area contributed by atoms with Crippen molar-refractivity contribution in [2.24, 2.45) is 0 Å². The summed E-state index contributed by atoms with van der Waals surface area (Å²) in [6.45, 7) is 1.59. The fourth-order valence-electron chi connectivity index (χ4n) is 1.17. The van der Waals surface area contributed by atoms with Crippen molar-refractivity contribution < 1.29 is 19.5 Å². The first-order valence-electron chi connectivity index (χ1n) is 4.97. The Kier molecular flexibility index (Phi) is 4.93. The molecule has 0 atom stereocenters. The van der Waals surface area contributed by atoms with Gasteiger partial charge in [-0.2, -0.15) is 0 Å². The monoisotopic (exact) mass is 257 g/mol. The Morgan fingerprint density at radius 1 is 1.47 bits per heavy atom. The van der Waals surface area contributed by atoms with E-state index in [1.54, 1.807) is 19.1 Å². The second kappa shape index (κ2) is 6.22. The molecule has 2 N–H and O–H groups in total. The molecule has 1 aromatic carbocycles. The SMILES string of the molecule is CCC(=O)NOCc1c(Cl)cccc1C(=O)O. The van der Waals surface area contributed by atoms with Crippen LogP contribution in [0.25, 0.3) is 0 Å². The number of rotatable bonds is 5. The summed E-state index contributed by atoms with van der Waals surface area (Å²) in [6, 6.07) is 4.53. The zero-order valence-corrected chi connectivity index (χ0v) is 9.95. The maximum absolute atomic E-state index is 10.9. The molecule has 0 saturated carbocycles. The van der Waals surface area contributed by atoms with Crippen LogP contribution in [-0.2, 0) is 16.2 Å². The lowest BCUT2D eigenvalue weighted by atomic mass is 10.1. The summed E-state index contributed by atoms with van der Waals surface area (Å²) in [5.41, 5.74) is 2.57. The predicted octanol–water partition coefficient (Wildman–Crippen LogP) is 2.00. The molecule has 0 bridgehead atoms. The van der Waals surface area contributed by atoms with Crippen molar-refractivity contribution in [3.63, 3.8) is 0 Å². The first-order chi connectivity index (χ1) is 8.06. The van der Waals surface area contributed by atoms with Crippen LogP contribution in [0, 0.1) is 0 Å². The van der Waals surface area contributed by atoms with Crippen LogP contribution in [0.5, 0.6) is 0 Å². The van der Waals surface area contributed by atoms with Gasteiger partial charge in [0.2, 0.25) is 5.91 Å². The summed E-state index contributed by atoms with van der Waals surface area (Å²) in [4.78, 5) is 26.7. The Morgan fingerprint density at radius 2 is 2.18 bits per heavy atom. The van der Waals surface area contributed by atoms with Crippen molar-refractivity contribution in [3.05, 3.63) is 34.3 Å². The first-order valence-corrected chi connectivity index (χ1v) is 5.35. The van der Waals surface area contributed by atoms with Gasteiger partial charge in [-0.25, -0.2) is 10.3 Å². The average Bonchev–Trinajstić information content (AvgIpc) is 2.30. The molecule has 0 fully saturated rings. The normalized spacial score (nSPS) is 10.0. The molecule has 0 spiro atoms. The minimum absolute atomic E-state index is 0.0586. The van der Waals surface area contributed by atoms with E-state index in [0.29, 0.717) is 5.56 Å². The third-order valence-electron chi connectivity index (χ3n) is 2.07. The van der Waals surface area contributed by atoms with Crippen molar-refractivity contribution in [2.75, 3.05) is 0 Å². The molecule has 0 aliphatic heterocycles. The molecule has 0 aromatic heterocycles. The number of hydroxylamine groups is 1. The van der Waals surface area contributed by atoms with Crippen molar-refractivity contribution in [1.82, 2.24) is 5.48 Å². The summed E-state index contributed by atoms with van der Waals surface area (Å²) in [5.74, 6) is -1.37. The van der Waals surface area contributed by atoms with Gasteiger partial charge in [-0.15, -0.1) is 0 Å². The molecule has 0 saturated heterocycles. The Hall–Kier alpha value is -1.59. The molecular formula is C11H12ClNO4. The van der Waals surface area contributed by atoms with Gasteiger partial charge in [0, 0.05) is 17.0 Å². The summed E-state index contributed by atoms with van der Waals surface area (Å²) in [7, 11) is 0. The highest BCUT2D eigenvalue weighted by Gasteiger charge is 2.13. The topological polar surface area (TPSA) is 75.6 Å². The van der Waals surface area contributed by atoms with E-state index in [1.807, 2.05) is 0 Å². The van der Waals surface area contributed by atoms with E-state index < -0.39 is 5.97 Å². The standard InChI is InChI=1S/C11H12ClNO4/c1-2-10(14)13-17-6-8-7(11(15)16)4-3-5-9(8)12/h3-5H,2,6H2,1H3,(H,13,14)(H,15,16). The molecule has 1 aromatic rings. The number of hydrogen-bond donors (Lipinski definition) is 2. The lowest BCUT2D eigenvalue weighted by molar-refractivity contribution is -0.134. The smallest absolute Gasteiger partial charge is 0.336 e. The fraction of sp³-hybridized carbons (Fsp3) is 0.273. The Morgan fingerprint density at radius 3 is 2.76 bits per heavy atom. The largest absolute Gasteiger partial charge is 0.478 e. The predicted molar refractivity (Wildman–Crippen MR) is 61.6 cm³/mol. The van der Waals surface area contributed by atoms with Crippen LogP contribution in [0.4, 0.5) is 0 Å². The number of carbonyl (C=O) groups excluding carboxylic acids is 1. The van der Waals surface area contributed by atoms with E-state index in [1.165, 1.54) is 6.07 Å². The maximum Gasteiger partial charge on any atom is 0.336 e. The second-order valence-electron chi connectivity index (χ2n) is 3.24. The number of amides is 1. The Bertz CT molecular complexity index is 433. The molecule has 5 nitrogen and oxygen atoms in total. The third kappa shape index (κ3) is 3.72. The van der Waals surface area contributed by atoms with Crippen molar-refractivity contribution in [2.45, 2.75) is 20.0 Å². The van der Waals surface area contributed by atoms with Crippen molar-refractivity contribution in [3.8, 4) is 0 Å². The number of carboxylic acids is 1. The molecule has 0 unspecified atom stereocenters. The molecule has 92 valence electrons. The maximum atomic E-state index is 10.9. The van der Waals surface area contributed by atoms with Gasteiger partial charge >= 0.3 is 5.97 Å². The Labute approximate surface area is 103 Å². The van der Waals surface area contributed by atoms with E-state index >= 15 is 0 Å². The van der Waals surface area contributed by atoms with Gasteiger partial charge in [0.15, 0.2) is 0 Å². The zero-order valence-electron chi connectivity index (χ0n) is 9.20. The van der Waals surface area contributed by atoms with Crippen LogP contribution in [0.1, 0.15) is 29.3 Å². The van der Waals surface area contributed by atoms with Gasteiger partial charge in [0.05, 0.1) is 5.56 Å². The third-order valence-corrected chi connectivity index (χ3v) is 2.43. The molecule has 0 heterocycles. The molecule has 0 radical (unpaired) electrons. The van der Waals surface area contributed by atoms with Gasteiger partial charge in [-0.1, -0.05) is 24.6 Å². The fourth-order valence-corrected chi connectivity index (χ4v) is 1.40. The molecule has 6 heteroatoms. The highest BCUT2D eigenvalue weighted by Crippen LogP contribution is 2.20. The number of carboxylic acid groups (broad SMARTS) is 1. The lowest BCUT2D eigenvalue weighted by Gasteiger charge is -2.09. The number of hydrogen-bond acceptors (Lipinski definition) is 3. The van der Waals surface area contributed by atoms with Crippen LogP contribution >= 0.6 is 11.6 Å². The average molecular weight is 258 g/mol. The highest BCUT2D eigenvalue weighted by molar-refractivity contribution is 6.31. The van der Waals surface area contributed by atoms with E-state index in [9.17, 15) is 9.59 Å². The first kappa shape index (κ1) is 13.5. The van der Waals surface area contributed by atoms with E-state index in [4.69, 9.17) is 21.5 Å². The summed E-state index contributed by atoms with van der Waals surface area (Å²) in [5, 5.41) is 9.23. The van der Waals surface area contributed by atoms with Gasteiger partial charge in [-0.3, -0.25) is 9.63 Å². The molecule has 1 rings (SSSR count). The summed E-state index contributed by atoms with van der Waals surface area (Å²) in [6.07, 6.45) is 0.286. The Balaban J connectivity index is 2.76. The van der Waals surface area contributed by atoms with Crippen LogP contribution in [0.3, 0.4) is 0 Å². The van der Waals surface area contributed by atoms with Gasteiger partial charge in [-0.05, 0) is 12.1 Å². The zero-order chi connectivity index (χ0) is 12.8. The second-order valence-corrected chi connectivity index (χ2v) is 3.65. The van der Waals surface area contributed by atoms with Crippen LogP contribution in [0.2, 0.25) is 5.02 Å².